The van der Waals surface area contributed by atoms with Crippen LogP contribution in [-0.2, 0) is 9.47 Å². The Bertz CT molecular complexity index is 532. The number of hydrogen-bond acceptors (Lipinski definition) is 5. The van der Waals surface area contributed by atoms with E-state index in [1.54, 1.807) is 49.1 Å². The molecule has 2 aromatic rings. The van der Waals surface area contributed by atoms with Gasteiger partial charge < -0.3 is 9.47 Å². The first-order valence-corrected chi connectivity index (χ1v) is 7.60. The van der Waals surface area contributed by atoms with Crippen LogP contribution in [0.1, 0.15) is 23.3 Å². The van der Waals surface area contributed by atoms with E-state index in [0.717, 1.165) is 0 Å². The van der Waals surface area contributed by atoms with Crippen LogP contribution in [0, 0.1) is 0 Å². The smallest absolute Gasteiger partial charge is 0.425 e. The molecule has 116 valence electrons. The largest absolute Gasteiger partial charge is 0.509 e. The Labute approximate surface area is 138 Å². The van der Waals surface area contributed by atoms with Crippen LogP contribution in [0.3, 0.4) is 0 Å². The van der Waals surface area contributed by atoms with Crippen molar-refractivity contribution in [2.45, 2.75) is 12.2 Å². The summed E-state index contributed by atoms with van der Waals surface area (Å²) in [5.74, 6) is 0.193. The second kappa shape index (κ2) is 8.56. The molecule has 2 atom stereocenters. The fraction of sp³-hybridized carbons (Fsp3) is 0.267. The molecule has 0 radical (unpaired) electrons. The molecular weight excluding hydrogens is 327 g/mol. The SMILES string of the molecule is O=C(OC(CCl)c1cccnc1)OC(CCl)c1cccnc1. The summed E-state index contributed by atoms with van der Waals surface area (Å²) in [5.41, 5.74) is 1.39. The van der Waals surface area contributed by atoms with Crippen molar-refractivity contribution in [3.63, 3.8) is 0 Å². The molecule has 22 heavy (non-hydrogen) atoms. The van der Waals surface area contributed by atoms with Gasteiger partial charge in [0.2, 0.25) is 0 Å². The molecule has 0 amide bonds. The Morgan fingerprint density at radius 1 is 0.955 bits per heavy atom. The van der Waals surface area contributed by atoms with E-state index in [2.05, 4.69) is 9.97 Å². The van der Waals surface area contributed by atoms with E-state index in [9.17, 15) is 4.79 Å². The molecule has 0 aliphatic rings. The number of alkyl halides is 2. The maximum atomic E-state index is 11.9. The van der Waals surface area contributed by atoms with E-state index in [4.69, 9.17) is 32.7 Å². The van der Waals surface area contributed by atoms with Gasteiger partial charge in [0, 0.05) is 35.9 Å². The van der Waals surface area contributed by atoms with Crippen molar-refractivity contribution in [3.05, 3.63) is 60.2 Å². The van der Waals surface area contributed by atoms with E-state index in [-0.39, 0.29) is 11.8 Å². The van der Waals surface area contributed by atoms with Gasteiger partial charge in [0.15, 0.2) is 0 Å². The zero-order valence-corrected chi connectivity index (χ0v) is 13.1. The highest BCUT2D eigenvalue weighted by molar-refractivity contribution is 6.18. The van der Waals surface area contributed by atoms with Gasteiger partial charge in [-0.3, -0.25) is 9.97 Å². The minimum atomic E-state index is -0.844. The lowest BCUT2D eigenvalue weighted by Crippen LogP contribution is -2.18. The molecule has 2 heterocycles. The number of ether oxygens (including phenoxy) is 2. The zero-order valence-electron chi connectivity index (χ0n) is 11.6. The Kier molecular flexibility index (Phi) is 6.43. The number of pyridine rings is 2. The van der Waals surface area contributed by atoms with Gasteiger partial charge in [0.25, 0.3) is 0 Å². The Balaban J connectivity index is 1.99. The molecule has 0 saturated carbocycles. The minimum absolute atomic E-state index is 0.0965. The number of carbonyl (C=O) groups excluding carboxylic acids is 1. The van der Waals surface area contributed by atoms with Gasteiger partial charge >= 0.3 is 6.16 Å². The number of aromatic nitrogens is 2. The zero-order chi connectivity index (χ0) is 15.8. The molecule has 2 aromatic heterocycles. The number of hydrogen-bond donors (Lipinski definition) is 0. The second-order valence-corrected chi connectivity index (χ2v) is 4.96. The van der Waals surface area contributed by atoms with Crippen LogP contribution in [0.4, 0.5) is 4.79 Å². The van der Waals surface area contributed by atoms with Crippen molar-refractivity contribution in [1.29, 1.82) is 0 Å². The van der Waals surface area contributed by atoms with Crippen molar-refractivity contribution in [2.75, 3.05) is 11.8 Å². The summed E-state index contributed by atoms with van der Waals surface area (Å²) < 4.78 is 10.5. The fourth-order valence-electron chi connectivity index (χ4n) is 1.77. The highest BCUT2D eigenvalue weighted by Crippen LogP contribution is 2.22. The normalized spacial score (nSPS) is 13.2. The monoisotopic (exact) mass is 340 g/mol. The Morgan fingerprint density at radius 3 is 1.73 bits per heavy atom. The van der Waals surface area contributed by atoms with Crippen LogP contribution >= 0.6 is 23.2 Å². The van der Waals surface area contributed by atoms with E-state index in [0.29, 0.717) is 11.1 Å². The molecule has 0 bridgehead atoms. The van der Waals surface area contributed by atoms with Crippen molar-refractivity contribution < 1.29 is 14.3 Å². The summed E-state index contributed by atoms with van der Waals surface area (Å²) in [6.07, 6.45) is 4.31. The third-order valence-corrected chi connectivity index (χ3v) is 3.43. The highest BCUT2D eigenvalue weighted by Gasteiger charge is 2.21. The summed E-state index contributed by atoms with van der Waals surface area (Å²) in [7, 11) is 0. The Morgan fingerprint density at radius 2 is 1.41 bits per heavy atom. The number of rotatable bonds is 6. The predicted molar refractivity (Wildman–Crippen MR) is 83.0 cm³/mol. The molecule has 0 spiro atoms. The van der Waals surface area contributed by atoms with Crippen molar-refractivity contribution in [3.8, 4) is 0 Å². The fourth-order valence-corrected chi connectivity index (χ4v) is 2.25. The maximum Gasteiger partial charge on any atom is 0.509 e. The molecule has 7 heteroatoms. The lowest BCUT2D eigenvalue weighted by Gasteiger charge is -2.19. The third kappa shape index (κ3) is 4.58. The average molecular weight is 341 g/mol. The number of halogens is 2. The third-order valence-electron chi connectivity index (χ3n) is 2.87. The summed E-state index contributed by atoms with van der Waals surface area (Å²) in [4.78, 5) is 19.9. The van der Waals surface area contributed by atoms with Gasteiger partial charge in [-0.25, -0.2) is 4.79 Å². The van der Waals surface area contributed by atoms with Gasteiger partial charge in [-0.15, -0.1) is 23.2 Å². The summed E-state index contributed by atoms with van der Waals surface area (Å²) >= 11 is 11.7. The molecule has 0 aliphatic heterocycles. The van der Waals surface area contributed by atoms with Crippen LogP contribution in [-0.4, -0.2) is 27.9 Å². The van der Waals surface area contributed by atoms with E-state index in [1.165, 1.54) is 0 Å². The number of nitrogens with zero attached hydrogens (tertiary/aromatic N) is 2. The molecule has 2 rings (SSSR count). The van der Waals surface area contributed by atoms with Gasteiger partial charge in [0.1, 0.15) is 12.2 Å². The van der Waals surface area contributed by atoms with E-state index in [1.807, 2.05) is 0 Å². The van der Waals surface area contributed by atoms with E-state index >= 15 is 0 Å². The van der Waals surface area contributed by atoms with Crippen LogP contribution in [0.15, 0.2) is 49.1 Å². The van der Waals surface area contributed by atoms with Gasteiger partial charge in [-0.2, -0.15) is 0 Å². The lowest BCUT2D eigenvalue weighted by atomic mass is 10.2. The van der Waals surface area contributed by atoms with E-state index < -0.39 is 18.4 Å². The first kappa shape index (κ1) is 16.5. The number of carbonyl (C=O) groups is 1. The van der Waals surface area contributed by atoms with Crippen LogP contribution < -0.4 is 0 Å². The predicted octanol–water partition coefficient (Wildman–Crippen LogP) is 3.89. The van der Waals surface area contributed by atoms with Gasteiger partial charge in [-0.05, 0) is 12.1 Å². The molecule has 2 unspecified atom stereocenters. The molecule has 0 saturated heterocycles. The first-order chi connectivity index (χ1) is 10.7. The second-order valence-electron chi connectivity index (χ2n) is 4.34. The summed E-state index contributed by atoms with van der Waals surface area (Å²) in [6.45, 7) is 0. The lowest BCUT2D eigenvalue weighted by molar-refractivity contribution is 0.00781. The first-order valence-electron chi connectivity index (χ1n) is 6.53. The van der Waals surface area contributed by atoms with Crippen molar-refractivity contribution in [1.82, 2.24) is 9.97 Å². The topological polar surface area (TPSA) is 61.3 Å². The molecule has 0 fully saturated rings. The van der Waals surface area contributed by atoms with Crippen LogP contribution in [0.2, 0.25) is 0 Å². The van der Waals surface area contributed by atoms with Gasteiger partial charge in [-0.1, -0.05) is 12.1 Å². The van der Waals surface area contributed by atoms with Crippen LogP contribution in [0.5, 0.6) is 0 Å². The molecular formula is C15H14Cl2N2O3. The summed E-state index contributed by atoms with van der Waals surface area (Å²) in [5, 5.41) is 0. The molecule has 5 nitrogen and oxygen atoms in total. The van der Waals surface area contributed by atoms with Crippen LogP contribution in [0.25, 0.3) is 0 Å². The minimum Gasteiger partial charge on any atom is -0.425 e. The van der Waals surface area contributed by atoms with Crippen molar-refractivity contribution >= 4 is 29.4 Å². The quantitative estimate of drug-likeness (QED) is 0.589. The van der Waals surface area contributed by atoms with Gasteiger partial charge in [0.05, 0.1) is 11.8 Å². The molecule has 0 aliphatic carbocycles. The molecule has 0 N–H and O–H groups in total. The summed E-state index contributed by atoms with van der Waals surface area (Å²) in [6, 6.07) is 7.02. The maximum absolute atomic E-state index is 11.9. The highest BCUT2D eigenvalue weighted by atomic mass is 35.5. The molecule has 0 aromatic carbocycles. The Hall–Kier alpha value is -1.85. The average Bonchev–Trinajstić information content (AvgIpc) is 2.59. The standard InChI is InChI=1S/C15H14Cl2N2O3/c16-7-13(11-3-1-5-18-9-11)21-15(20)22-14(8-17)12-4-2-6-19-10-12/h1-6,9-10,13-14H,7-8H2. The van der Waals surface area contributed by atoms with Crippen molar-refractivity contribution in [2.24, 2.45) is 0 Å².